The minimum atomic E-state index is 0.472. The smallest absolute Gasteiger partial charge is 0.133 e. The Kier molecular flexibility index (Phi) is 5.30. The minimum absolute atomic E-state index is 0.472. The summed E-state index contributed by atoms with van der Waals surface area (Å²) in [5.41, 5.74) is 1.07. The van der Waals surface area contributed by atoms with E-state index < -0.39 is 0 Å². The van der Waals surface area contributed by atoms with Gasteiger partial charge in [-0.2, -0.15) is 0 Å². The number of hydrogen-bond acceptors (Lipinski definition) is 1. The highest BCUT2D eigenvalue weighted by molar-refractivity contribution is 5.79. The van der Waals surface area contributed by atoms with Gasteiger partial charge >= 0.3 is 0 Å². The zero-order valence-electron chi connectivity index (χ0n) is 18.7. The average molecular weight is 373 g/mol. The Hall–Kier alpha value is -0.330. The molecule has 0 bridgehead atoms. The van der Waals surface area contributed by atoms with Crippen molar-refractivity contribution < 1.29 is 4.79 Å². The maximum atomic E-state index is 12.1. The summed E-state index contributed by atoms with van der Waals surface area (Å²) < 4.78 is 0. The second-order valence-electron chi connectivity index (χ2n) is 12.1. The predicted molar refractivity (Wildman–Crippen MR) is 113 cm³/mol. The number of fused-ring (bicyclic) bond motifs is 5. The Bertz CT molecular complexity index is 565. The van der Waals surface area contributed by atoms with Crippen LogP contribution in [0.1, 0.15) is 105 Å². The molecule has 0 heterocycles. The first-order valence-corrected chi connectivity index (χ1v) is 12.3. The monoisotopic (exact) mass is 372 g/mol. The molecule has 0 radical (unpaired) electrons. The van der Waals surface area contributed by atoms with Crippen molar-refractivity contribution in [3.05, 3.63) is 0 Å². The van der Waals surface area contributed by atoms with Crippen LogP contribution in [0.4, 0.5) is 0 Å². The molecule has 4 rings (SSSR count). The van der Waals surface area contributed by atoms with E-state index in [2.05, 4.69) is 34.6 Å². The SMILES string of the molecule is CC(C)CC[C@@H](C)[C@H]1CC[C@H]2[C@@H]3CC[C@H]4CC(=O)CC[C@]4(C)[C@H]3CC[C@]12C. The summed E-state index contributed by atoms with van der Waals surface area (Å²) in [6.07, 6.45) is 14.4. The van der Waals surface area contributed by atoms with Gasteiger partial charge in [0.1, 0.15) is 5.78 Å². The Labute approximate surface area is 168 Å². The number of hydrogen-bond donors (Lipinski definition) is 0. The third-order valence-electron chi connectivity index (χ3n) is 10.4. The molecule has 0 amide bonds. The molecule has 0 unspecified atom stereocenters. The lowest BCUT2D eigenvalue weighted by atomic mass is 9.44. The highest BCUT2D eigenvalue weighted by Crippen LogP contribution is 2.68. The summed E-state index contributed by atoms with van der Waals surface area (Å²) in [5.74, 6) is 6.80. The van der Waals surface area contributed by atoms with Crippen LogP contribution >= 0.6 is 0 Å². The molecule has 0 spiro atoms. The van der Waals surface area contributed by atoms with E-state index in [9.17, 15) is 4.79 Å². The van der Waals surface area contributed by atoms with Crippen molar-refractivity contribution in [3.63, 3.8) is 0 Å². The van der Waals surface area contributed by atoms with E-state index in [4.69, 9.17) is 0 Å². The van der Waals surface area contributed by atoms with E-state index in [0.717, 1.165) is 48.3 Å². The van der Waals surface area contributed by atoms with Gasteiger partial charge in [-0.3, -0.25) is 4.79 Å². The molecule has 8 atom stereocenters. The van der Waals surface area contributed by atoms with Gasteiger partial charge in [0.05, 0.1) is 0 Å². The minimum Gasteiger partial charge on any atom is -0.300 e. The molecule has 0 aromatic heterocycles. The fourth-order valence-electron chi connectivity index (χ4n) is 8.82. The van der Waals surface area contributed by atoms with Crippen LogP contribution in [0.2, 0.25) is 0 Å². The van der Waals surface area contributed by atoms with E-state index in [0.29, 0.717) is 22.5 Å². The Morgan fingerprint density at radius 1 is 0.889 bits per heavy atom. The first-order valence-electron chi connectivity index (χ1n) is 12.3. The van der Waals surface area contributed by atoms with Crippen molar-refractivity contribution in [3.8, 4) is 0 Å². The van der Waals surface area contributed by atoms with Crippen LogP contribution in [0.5, 0.6) is 0 Å². The summed E-state index contributed by atoms with van der Waals surface area (Å²) in [6, 6.07) is 0. The van der Waals surface area contributed by atoms with Crippen LogP contribution in [0.15, 0.2) is 0 Å². The third kappa shape index (κ3) is 3.24. The van der Waals surface area contributed by atoms with E-state index in [1.54, 1.807) is 0 Å². The fourth-order valence-corrected chi connectivity index (χ4v) is 8.82. The molecule has 4 fully saturated rings. The Morgan fingerprint density at radius 2 is 1.63 bits per heavy atom. The molecule has 0 saturated heterocycles. The summed E-state index contributed by atoms with van der Waals surface area (Å²) in [4.78, 5) is 12.1. The maximum absolute atomic E-state index is 12.1. The maximum Gasteiger partial charge on any atom is 0.133 e. The molecular weight excluding hydrogens is 328 g/mol. The summed E-state index contributed by atoms with van der Waals surface area (Å²) in [7, 11) is 0. The molecular formula is C26H44O. The fraction of sp³-hybridized carbons (Fsp3) is 0.962. The van der Waals surface area contributed by atoms with Crippen LogP contribution in [-0.4, -0.2) is 5.78 Å². The van der Waals surface area contributed by atoms with Crippen molar-refractivity contribution in [1.29, 1.82) is 0 Å². The molecule has 0 aromatic carbocycles. The lowest BCUT2D eigenvalue weighted by Gasteiger charge is -2.60. The van der Waals surface area contributed by atoms with Crippen molar-refractivity contribution in [2.75, 3.05) is 0 Å². The second-order valence-corrected chi connectivity index (χ2v) is 12.1. The van der Waals surface area contributed by atoms with Crippen LogP contribution in [0.3, 0.4) is 0 Å². The normalized spacial score (nSPS) is 48.1. The first-order chi connectivity index (χ1) is 12.8. The standard InChI is InChI=1S/C26H44O/c1-17(2)6-7-18(3)22-10-11-23-21-9-8-19-16-20(27)12-14-25(19,4)24(21)13-15-26(22,23)5/h17-19,21-24H,6-16H2,1-5H3/t18-,19+,21+,22-,23+,24+,25+,26-/m1/s1. The van der Waals surface area contributed by atoms with Crippen molar-refractivity contribution in [2.24, 2.45) is 52.3 Å². The van der Waals surface area contributed by atoms with Crippen LogP contribution in [0.25, 0.3) is 0 Å². The molecule has 1 nitrogen and oxygen atoms in total. The van der Waals surface area contributed by atoms with Crippen LogP contribution in [-0.2, 0) is 4.79 Å². The molecule has 4 aliphatic rings. The van der Waals surface area contributed by atoms with Gasteiger partial charge in [-0.15, -0.1) is 0 Å². The van der Waals surface area contributed by atoms with Crippen molar-refractivity contribution in [1.82, 2.24) is 0 Å². The van der Waals surface area contributed by atoms with Crippen LogP contribution in [0, 0.1) is 52.3 Å². The molecule has 0 aliphatic heterocycles. The number of rotatable bonds is 4. The Balaban J connectivity index is 1.51. The quantitative estimate of drug-likeness (QED) is 0.506. The van der Waals surface area contributed by atoms with E-state index >= 15 is 0 Å². The largest absolute Gasteiger partial charge is 0.300 e. The van der Waals surface area contributed by atoms with Gasteiger partial charge in [0.2, 0.25) is 0 Å². The second kappa shape index (κ2) is 7.17. The van der Waals surface area contributed by atoms with Crippen molar-refractivity contribution in [2.45, 2.75) is 105 Å². The number of carbonyl (C=O) groups excluding carboxylic acids is 1. The molecule has 4 aliphatic carbocycles. The summed E-state index contributed by atoms with van der Waals surface area (Å²) in [5, 5.41) is 0. The molecule has 27 heavy (non-hydrogen) atoms. The van der Waals surface area contributed by atoms with Crippen molar-refractivity contribution >= 4 is 5.78 Å². The number of ketones is 1. The molecule has 0 N–H and O–H groups in total. The lowest BCUT2D eigenvalue weighted by molar-refractivity contribution is -0.140. The van der Waals surface area contributed by atoms with Gasteiger partial charge in [0.25, 0.3) is 0 Å². The molecule has 4 saturated carbocycles. The highest BCUT2D eigenvalue weighted by atomic mass is 16.1. The molecule has 154 valence electrons. The van der Waals surface area contributed by atoms with Gasteiger partial charge < -0.3 is 0 Å². The van der Waals surface area contributed by atoms with Gasteiger partial charge in [-0.1, -0.05) is 47.5 Å². The van der Waals surface area contributed by atoms with Crippen LogP contribution < -0.4 is 0 Å². The van der Waals surface area contributed by atoms with Gasteiger partial charge in [-0.05, 0) is 97.2 Å². The van der Waals surface area contributed by atoms with Gasteiger partial charge in [0, 0.05) is 12.8 Å². The Morgan fingerprint density at radius 3 is 2.37 bits per heavy atom. The first kappa shape index (κ1) is 20.0. The number of carbonyl (C=O) groups is 1. The highest BCUT2D eigenvalue weighted by Gasteiger charge is 2.60. The lowest BCUT2D eigenvalue weighted by Crippen LogP contribution is -2.53. The zero-order valence-corrected chi connectivity index (χ0v) is 18.7. The topological polar surface area (TPSA) is 17.1 Å². The van der Waals surface area contributed by atoms with E-state index in [-0.39, 0.29) is 0 Å². The van der Waals surface area contributed by atoms with Gasteiger partial charge in [0.15, 0.2) is 0 Å². The molecule has 0 aromatic rings. The molecule has 1 heteroatoms. The summed E-state index contributed by atoms with van der Waals surface area (Å²) >= 11 is 0. The predicted octanol–water partition coefficient (Wildman–Crippen LogP) is 7.29. The van der Waals surface area contributed by atoms with E-state index in [1.807, 2.05) is 0 Å². The summed E-state index contributed by atoms with van der Waals surface area (Å²) in [6.45, 7) is 12.6. The van der Waals surface area contributed by atoms with E-state index in [1.165, 1.54) is 57.8 Å². The average Bonchev–Trinajstić information content (AvgIpc) is 2.97. The number of Topliss-reactive ketones (excluding diaryl/α,β-unsaturated/α-hetero) is 1. The zero-order chi connectivity index (χ0) is 19.4. The third-order valence-corrected chi connectivity index (χ3v) is 10.4. The van der Waals surface area contributed by atoms with Gasteiger partial charge in [-0.25, -0.2) is 0 Å².